The zero-order valence-corrected chi connectivity index (χ0v) is 28.1. The van der Waals surface area contributed by atoms with E-state index >= 15 is 0 Å². The van der Waals surface area contributed by atoms with E-state index in [4.69, 9.17) is 43.2 Å². The second-order valence-electron chi connectivity index (χ2n) is 12.6. The first kappa shape index (κ1) is 40.9. The summed E-state index contributed by atoms with van der Waals surface area (Å²) in [6, 6.07) is -3.56. The van der Waals surface area contributed by atoms with Gasteiger partial charge in [-0.1, -0.05) is 0 Å². The van der Waals surface area contributed by atoms with Gasteiger partial charge in [0.2, 0.25) is 17.7 Å². The number of aliphatic hydroxyl groups excluding tert-OH is 6. The molecule has 0 aromatic rings. The highest BCUT2D eigenvalue weighted by Crippen LogP contribution is 2.33. The Labute approximate surface area is 291 Å². The van der Waals surface area contributed by atoms with Crippen molar-refractivity contribution in [2.24, 2.45) is 11.8 Å². The van der Waals surface area contributed by atoms with Crippen molar-refractivity contribution < 1.29 is 93.1 Å². The van der Waals surface area contributed by atoms with Crippen LogP contribution in [0.15, 0.2) is 0 Å². The summed E-state index contributed by atoms with van der Waals surface area (Å²) in [6.45, 7) is 0.429. The van der Waals surface area contributed by atoms with E-state index in [2.05, 4.69) is 16.0 Å². The van der Waals surface area contributed by atoms with Gasteiger partial charge in [-0.15, -0.1) is 0 Å². The molecule has 22 heteroatoms. The third-order valence-electron chi connectivity index (χ3n) is 9.02. The molecule has 0 aliphatic carbocycles. The van der Waals surface area contributed by atoms with Crippen molar-refractivity contribution in [3.8, 4) is 0 Å². The number of hydrogen-bond acceptors (Lipinski definition) is 19. The molecule has 4 aliphatic rings. The Balaban J connectivity index is 1.57. The Morgan fingerprint density at radius 2 is 1.27 bits per heavy atom. The van der Waals surface area contributed by atoms with E-state index in [1.54, 1.807) is 0 Å². The lowest BCUT2D eigenvalue weighted by molar-refractivity contribution is -0.382. The van der Waals surface area contributed by atoms with Crippen LogP contribution in [0.25, 0.3) is 0 Å². The Bertz CT molecular complexity index is 1180. The maximum atomic E-state index is 12.8. The van der Waals surface area contributed by atoms with Crippen LogP contribution in [0, 0.1) is 11.8 Å². The minimum atomic E-state index is -1.69. The number of fused-ring (bicyclic) bond motifs is 3. The lowest BCUT2D eigenvalue weighted by Gasteiger charge is -2.46. The quantitative estimate of drug-likeness (QED) is 0.0943. The first-order valence-electron chi connectivity index (χ1n) is 16.3. The van der Waals surface area contributed by atoms with Gasteiger partial charge >= 0.3 is 6.16 Å². The average molecular weight is 742 g/mol. The van der Waals surface area contributed by atoms with Gasteiger partial charge in [-0.05, 0) is 0 Å². The molecule has 4 heterocycles. The highest BCUT2D eigenvalue weighted by Gasteiger charge is 2.52. The number of rotatable bonds is 10. The monoisotopic (exact) mass is 741 g/mol. The number of aliphatic hydroxyl groups is 6. The van der Waals surface area contributed by atoms with Crippen LogP contribution in [0.5, 0.6) is 0 Å². The molecule has 0 saturated carbocycles. The van der Waals surface area contributed by atoms with Crippen LogP contribution in [-0.2, 0) is 57.6 Å². The van der Waals surface area contributed by atoms with Gasteiger partial charge in [-0.3, -0.25) is 24.2 Å². The molecule has 0 aromatic carbocycles. The van der Waals surface area contributed by atoms with Crippen molar-refractivity contribution in [2.45, 2.75) is 100 Å². The Kier molecular flexibility index (Phi) is 15.1. The van der Waals surface area contributed by atoms with Crippen LogP contribution in [0.4, 0.5) is 4.79 Å². The summed E-state index contributed by atoms with van der Waals surface area (Å²) in [7, 11) is 0. The molecule has 0 radical (unpaired) electrons. The van der Waals surface area contributed by atoms with Crippen LogP contribution in [0.3, 0.4) is 0 Å². The second kappa shape index (κ2) is 18.8. The Hall–Kier alpha value is -2.84. The smallest absolute Gasteiger partial charge is 0.394 e. The standard InChI is InChI=1S/C29H47N3O19/c1-11(36)30-21-19(46-18(6-35)24(39)25(21)40)9-43-7-14-16(4-33)45-20-10-44-8-15-17(5-34)47-28(41)23(32-13(3)38)27(15)49-51-29(42)50-48-26(14)22(20)31-12(2)37/h14-28,33-35,39-41H,4-10H2,1-3H3,(H,30,36)(H,31,37)(H,32,38)/t14-,15-,16?,17?,18?,19-,20-,21?,22?,23?,24+,25+,26-,27-,28+/m0/s1. The van der Waals surface area contributed by atoms with Gasteiger partial charge in [0.05, 0.1) is 70.5 Å². The summed E-state index contributed by atoms with van der Waals surface area (Å²) in [5.41, 5.74) is 0. The lowest BCUT2D eigenvalue weighted by atomic mass is 9.85. The van der Waals surface area contributed by atoms with Crippen molar-refractivity contribution in [3.63, 3.8) is 0 Å². The van der Waals surface area contributed by atoms with Gasteiger partial charge in [-0.25, -0.2) is 0 Å². The normalized spacial score (nSPS) is 40.5. The highest BCUT2D eigenvalue weighted by atomic mass is 17.3. The van der Waals surface area contributed by atoms with Gasteiger partial charge < -0.3 is 70.3 Å². The summed E-state index contributed by atoms with van der Waals surface area (Å²) >= 11 is 0. The number of nitrogens with one attached hydrogen (secondary N) is 3. The molecule has 15 atom stereocenters. The molecule has 0 aromatic heterocycles. The number of ether oxygens (including phenoxy) is 5. The minimum Gasteiger partial charge on any atom is -0.394 e. The minimum absolute atomic E-state index is 0.280. The summed E-state index contributed by atoms with van der Waals surface area (Å²) in [5.74, 6) is -3.66. The maximum Gasteiger partial charge on any atom is 0.573 e. The maximum absolute atomic E-state index is 12.8. The topological polar surface area (TPSA) is 309 Å². The highest BCUT2D eigenvalue weighted by molar-refractivity contribution is 5.74. The fourth-order valence-electron chi connectivity index (χ4n) is 6.66. The SMILES string of the molecule is CC(=O)NC1[C@H](COC[C@H]2C(CO)O[C@H]3COC[C@H]4C(CO)O[C@@H](O)C(NC(C)=O)[C@H]4OOC(=O)OO[C@@H]2C3NC(C)=O)OC(CO)[C@@H](O)[C@@H]1O. The molecule has 3 amide bonds. The molecule has 4 rings (SSSR count). The van der Waals surface area contributed by atoms with Crippen LogP contribution in [-0.4, -0.2) is 180 Å². The Morgan fingerprint density at radius 1 is 0.686 bits per heavy atom. The molecule has 22 nitrogen and oxygen atoms in total. The van der Waals surface area contributed by atoms with Crippen molar-refractivity contribution >= 4 is 23.9 Å². The molecule has 4 fully saturated rings. The number of amides is 3. The van der Waals surface area contributed by atoms with Gasteiger partial charge in [0.1, 0.15) is 48.8 Å². The number of carbonyl (C=O) groups excluding carboxylic acids is 4. The number of hydrogen-bond donors (Lipinski definition) is 9. The van der Waals surface area contributed by atoms with Gasteiger partial charge in [0.15, 0.2) is 6.29 Å². The van der Waals surface area contributed by atoms with Gasteiger partial charge in [0, 0.05) is 32.6 Å². The summed E-state index contributed by atoms with van der Waals surface area (Å²) < 4.78 is 29.1. The van der Waals surface area contributed by atoms with Crippen molar-refractivity contribution in [2.75, 3.05) is 46.2 Å². The van der Waals surface area contributed by atoms with Crippen LogP contribution in [0.1, 0.15) is 20.8 Å². The second-order valence-corrected chi connectivity index (χ2v) is 12.6. The molecule has 0 spiro atoms. The van der Waals surface area contributed by atoms with E-state index in [-0.39, 0.29) is 26.4 Å². The first-order valence-corrected chi connectivity index (χ1v) is 16.3. The predicted molar refractivity (Wildman–Crippen MR) is 160 cm³/mol. The first-order chi connectivity index (χ1) is 24.3. The summed E-state index contributed by atoms with van der Waals surface area (Å²) in [5, 5.41) is 69.0. The van der Waals surface area contributed by atoms with Crippen molar-refractivity contribution in [1.82, 2.24) is 16.0 Å². The molecular weight excluding hydrogens is 694 g/mol. The molecule has 2 bridgehead atoms. The molecule has 292 valence electrons. The zero-order valence-electron chi connectivity index (χ0n) is 28.1. The predicted octanol–water partition coefficient (Wildman–Crippen LogP) is -5.52. The Morgan fingerprint density at radius 3 is 1.88 bits per heavy atom. The summed E-state index contributed by atoms with van der Waals surface area (Å²) in [4.78, 5) is 69.3. The van der Waals surface area contributed by atoms with E-state index in [1.807, 2.05) is 0 Å². The fraction of sp³-hybridized carbons (Fsp3) is 0.862. The van der Waals surface area contributed by atoms with Crippen LogP contribution >= 0.6 is 0 Å². The molecular formula is C29H47N3O19. The van der Waals surface area contributed by atoms with Gasteiger partial charge in [-0.2, -0.15) is 14.6 Å². The fourth-order valence-corrected chi connectivity index (χ4v) is 6.66. The van der Waals surface area contributed by atoms with E-state index < -0.39 is 135 Å². The van der Waals surface area contributed by atoms with Crippen molar-refractivity contribution in [3.05, 3.63) is 0 Å². The van der Waals surface area contributed by atoms with E-state index in [9.17, 15) is 49.8 Å². The van der Waals surface area contributed by atoms with E-state index in [1.165, 1.54) is 20.8 Å². The molecule has 9 N–H and O–H groups in total. The molecule has 4 saturated heterocycles. The molecule has 4 aliphatic heterocycles. The van der Waals surface area contributed by atoms with E-state index in [0.29, 0.717) is 0 Å². The lowest BCUT2D eigenvalue weighted by Crippen LogP contribution is -2.65. The zero-order chi connectivity index (χ0) is 37.4. The molecule has 51 heavy (non-hydrogen) atoms. The van der Waals surface area contributed by atoms with Gasteiger partial charge in [0.25, 0.3) is 0 Å². The summed E-state index contributed by atoms with van der Waals surface area (Å²) in [6.07, 6.45) is -14.5. The van der Waals surface area contributed by atoms with E-state index in [0.717, 1.165) is 0 Å². The third kappa shape index (κ3) is 10.2. The largest absolute Gasteiger partial charge is 0.573 e. The average Bonchev–Trinajstić information content (AvgIpc) is 3.08. The van der Waals surface area contributed by atoms with Crippen LogP contribution in [0.2, 0.25) is 0 Å². The number of carbonyl (C=O) groups is 4. The van der Waals surface area contributed by atoms with Crippen molar-refractivity contribution in [1.29, 1.82) is 0 Å². The van der Waals surface area contributed by atoms with Crippen LogP contribution < -0.4 is 16.0 Å². The molecule has 6 unspecified atom stereocenters. The third-order valence-corrected chi connectivity index (χ3v) is 9.02.